The van der Waals surface area contributed by atoms with E-state index >= 15 is 0 Å². The highest BCUT2D eigenvalue weighted by Gasteiger charge is 2.07. The first-order chi connectivity index (χ1) is 11.0. The van der Waals surface area contributed by atoms with E-state index in [9.17, 15) is 4.79 Å². The molecule has 0 aliphatic rings. The van der Waals surface area contributed by atoms with Crippen LogP contribution in [0.4, 0.5) is 5.69 Å². The van der Waals surface area contributed by atoms with Gasteiger partial charge >= 0.3 is 0 Å². The van der Waals surface area contributed by atoms with Crippen molar-refractivity contribution in [1.29, 1.82) is 0 Å². The number of anilines is 1. The Morgan fingerprint density at radius 3 is 2.09 bits per heavy atom. The van der Waals surface area contributed by atoms with Crippen LogP contribution in [0, 0.1) is 5.92 Å². The highest BCUT2D eigenvalue weighted by atomic mass is 16.5. The molecule has 0 unspecified atom stereocenters. The van der Waals surface area contributed by atoms with E-state index in [1.807, 2.05) is 36.4 Å². The second-order valence-electron chi connectivity index (χ2n) is 6.46. The van der Waals surface area contributed by atoms with Gasteiger partial charge in [0.05, 0.1) is 6.61 Å². The van der Waals surface area contributed by atoms with Gasteiger partial charge in [0.2, 0.25) is 0 Å². The highest BCUT2D eigenvalue weighted by molar-refractivity contribution is 6.04. The van der Waals surface area contributed by atoms with E-state index in [-0.39, 0.29) is 5.91 Å². The molecule has 3 heteroatoms. The van der Waals surface area contributed by atoms with Gasteiger partial charge in [-0.3, -0.25) is 4.79 Å². The van der Waals surface area contributed by atoms with Gasteiger partial charge in [-0.15, -0.1) is 0 Å². The Labute approximate surface area is 138 Å². The van der Waals surface area contributed by atoms with Crippen LogP contribution in [0.1, 0.15) is 49.5 Å². The van der Waals surface area contributed by atoms with E-state index < -0.39 is 0 Å². The quantitative estimate of drug-likeness (QED) is 0.806. The van der Waals surface area contributed by atoms with E-state index in [1.165, 1.54) is 5.56 Å². The van der Waals surface area contributed by atoms with Gasteiger partial charge in [-0.25, -0.2) is 0 Å². The predicted molar refractivity (Wildman–Crippen MR) is 95.3 cm³/mol. The molecule has 0 aliphatic heterocycles. The van der Waals surface area contributed by atoms with Crippen molar-refractivity contribution in [3.8, 4) is 5.75 Å². The van der Waals surface area contributed by atoms with Gasteiger partial charge in [0.25, 0.3) is 5.91 Å². The summed E-state index contributed by atoms with van der Waals surface area (Å²) < 4.78 is 5.62. The summed E-state index contributed by atoms with van der Waals surface area (Å²) in [4.78, 5) is 12.3. The van der Waals surface area contributed by atoms with Gasteiger partial charge in [0, 0.05) is 11.3 Å². The second kappa shape index (κ2) is 7.82. The number of benzene rings is 2. The SMILES string of the molecule is CC(C)COc1ccc(C(=O)Nc2ccc(C(C)C)cc2)cc1. The molecule has 3 nitrogen and oxygen atoms in total. The summed E-state index contributed by atoms with van der Waals surface area (Å²) in [5.41, 5.74) is 2.68. The van der Waals surface area contributed by atoms with Crippen LogP contribution in [-0.2, 0) is 0 Å². The van der Waals surface area contributed by atoms with Gasteiger partial charge in [-0.1, -0.05) is 39.8 Å². The predicted octanol–water partition coefficient (Wildman–Crippen LogP) is 5.10. The van der Waals surface area contributed by atoms with Crippen LogP contribution >= 0.6 is 0 Å². The van der Waals surface area contributed by atoms with Gasteiger partial charge in [0.15, 0.2) is 0 Å². The number of hydrogen-bond acceptors (Lipinski definition) is 2. The van der Waals surface area contributed by atoms with Crippen LogP contribution in [0.5, 0.6) is 5.75 Å². The Kier molecular flexibility index (Phi) is 5.80. The van der Waals surface area contributed by atoms with E-state index in [4.69, 9.17) is 4.74 Å². The normalized spacial score (nSPS) is 10.9. The van der Waals surface area contributed by atoms with Crippen LogP contribution < -0.4 is 10.1 Å². The summed E-state index contributed by atoms with van der Waals surface area (Å²) in [7, 11) is 0. The molecule has 0 bridgehead atoms. The molecule has 1 amide bonds. The molecule has 2 aromatic rings. The Morgan fingerprint density at radius 1 is 0.957 bits per heavy atom. The molecule has 1 N–H and O–H groups in total. The molecule has 0 aromatic heterocycles. The van der Waals surface area contributed by atoms with E-state index in [0.717, 1.165) is 11.4 Å². The average Bonchev–Trinajstić information content (AvgIpc) is 2.54. The van der Waals surface area contributed by atoms with E-state index in [1.54, 1.807) is 12.1 Å². The van der Waals surface area contributed by atoms with Crippen molar-refractivity contribution in [2.75, 3.05) is 11.9 Å². The van der Waals surface area contributed by atoms with Crippen molar-refractivity contribution in [2.24, 2.45) is 5.92 Å². The fourth-order valence-electron chi connectivity index (χ4n) is 2.12. The number of amides is 1. The lowest BCUT2D eigenvalue weighted by Crippen LogP contribution is -2.12. The number of nitrogens with one attached hydrogen (secondary N) is 1. The lowest BCUT2D eigenvalue weighted by Gasteiger charge is -2.10. The van der Waals surface area contributed by atoms with Gasteiger partial charge in [-0.05, 0) is 53.8 Å². The molecule has 2 aromatic carbocycles. The maximum Gasteiger partial charge on any atom is 0.255 e. The van der Waals surface area contributed by atoms with Crippen LogP contribution in [0.2, 0.25) is 0 Å². The molecular weight excluding hydrogens is 286 g/mol. The standard InChI is InChI=1S/C20H25NO2/c1-14(2)13-23-19-11-7-17(8-12-19)20(22)21-18-9-5-16(6-10-18)15(3)4/h5-12,14-15H,13H2,1-4H3,(H,21,22). The Bertz CT molecular complexity index is 628. The topological polar surface area (TPSA) is 38.3 Å². The maximum absolute atomic E-state index is 12.3. The van der Waals surface area contributed by atoms with Gasteiger partial charge in [-0.2, -0.15) is 0 Å². The molecule has 0 saturated carbocycles. The molecule has 0 atom stereocenters. The first-order valence-corrected chi connectivity index (χ1v) is 8.10. The highest BCUT2D eigenvalue weighted by Crippen LogP contribution is 2.18. The monoisotopic (exact) mass is 311 g/mol. The minimum absolute atomic E-state index is 0.113. The maximum atomic E-state index is 12.3. The van der Waals surface area contributed by atoms with Crippen LogP contribution in [0.3, 0.4) is 0 Å². The molecule has 0 heterocycles. The lowest BCUT2D eigenvalue weighted by molar-refractivity contribution is 0.102. The zero-order valence-corrected chi connectivity index (χ0v) is 14.3. The molecular formula is C20H25NO2. The third kappa shape index (κ3) is 5.13. The third-order valence-electron chi connectivity index (χ3n) is 3.54. The summed E-state index contributed by atoms with van der Waals surface area (Å²) in [6.07, 6.45) is 0. The molecule has 0 radical (unpaired) electrons. The average molecular weight is 311 g/mol. The van der Waals surface area contributed by atoms with Gasteiger partial charge < -0.3 is 10.1 Å². The van der Waals surface area contributed by atoms with Crippen molar-refractivity contribution in [2.45, 2.75) is 33.6 Å². The number of rotatable bonds is 6. The number of hydrogen-bond donors (Lipinski definition) is 1. The minimum Gasteiger partial charge on any atom is -0.493 e. The zero-order valence-electron chi connectivity index (χ0n) is 14.3. The summed E-state index contributed by atoms with van der Waals surface area (Å²) in [5.74, 6) is 1.64. The van der Waals surface area contributed by atoms with Gasteiger partial charge in [0.1, 0.15) is 5.75 Å². The van der Waals surface area contributed by atoms with Crippen molar-refractivity contribution >= 4 is 11.6 Å². The molecule has 0 spiro atoms. The first kappa shape index (κ1) is 17.1. The Balaban J connectivity index is 1.97. The third-order valence-corrected chi connectivity index (χ3v) is 3.54. The Hall–Kier alpha value is -2.29. The number of carbonyl (C=O) groups is 1. The van der Waals surface area contributed by atoms with Crippen molar-refractivity contribution < 1.29 is 9.53 Å². The van der Waals surface area contributed by atoms with Crippen LogP contribution in [0.25, 0.3) is 0 Å². The molecule has 2 rings (SSSR count). The fraction of sp³-hybridized carbons (Fsp3) is 0.350. The summed E-state index contributed by atoms with van der Waals surface area (Å²) >= 11 is 0. The smallest absolute Gasteiger partial charge is 0.255 e. The molecule has 23 heavy (non-hydrogen) atoms. The van der Waals surface area contributed by atoms with Crippen molar-refractivity contribution in [1.82, 2.24) is 0 Å². The molecule has 0 fully saturated rings. The first-order valence-electron chi connectivity index (χ1n) is 8.10. The van der Waals surface area contributed by atoms with Crippen LogP contribution in [-0.4, -0.2) is 12.5 Å². The largest absolute Gasteiger partial charge is 0.493 e. The number of carbonyl (C=O) groups excluding carboxylic acids is 1. The fourth-order valence-corrected chi connectivity index (χ4v) is 2.12. The van der Waals surface area contributed by atoms with Crippen molar-refractivity contribution in [3.05, 3.63) is 59.7 Å². The van der Waals surface area contributed by atoms with E-state index in [0.29, 0.717) is 24.0 Å². The molecule has 122 valence electrons. The molecule has 0 aliphatic carbocycles. The summed E-state index contributed by atoms with van der Waals surface area (Å²) in [5, 5.41) is 2.91. The summed E-state index contributed by atoms with van der Waals surface area (Å²) in [6, 6.07) is 15.2. The Morgan fingerprint density at radius 2 is 1.57 bits per heavy atom. The second-order valence-corrected chi connectivity index (χ2v) is 6.46. The zero-order chi connectivity index (χ0) is 16.8. The van der Waals surface area contributed by atoms with E-state index in [2.05, 4.69) is 33.0 Å². The lowest BCUT2D eigenvalue weighted by atomic mass is 10.0. The minimum atomic E-state index is -0.113. The molecule has 0 saturated heterocycles. The number of ether oxygens (including phenoxy) is 1. The van der Waals surface area contributed by atoms with Crippen molar-refractivity contribution in [3.63, 3.8) is 0 Å². The van der Waals surface area contributed by atoms with Crippen LogP contribution in [0.15, 0.2) is 48.5 Å². The summed E-state index contributed by atoms with van der Waals surface area (Å²) in [6.45, 7) is 9.18.